The Balaban J connectivity index is 0.000000716. The SMILES string of the molecule is CCCCCCCCCCC(CCCCCCCC)Cc1cc(-c2c(F)c(F)c(-c3cc(CC(CCCCCCCC)CCCCCCCCCC)c(Br)s3)c3nn(CCC)nc23)sc1Br.CCCCCCCCCCC(CCCCCCCC)Cc1ccsc1Br.CCCn1nc2cc(F)c(F)cc2n1.S=S=S=S=S.S=S=S=S=S=S.S=S=S=S=S=S=S. The zero-order valence-electron chi connectivity index (χ0n) is 75.0. The van der Waals surface area contributed by atoms with E-state index in [-0.39, 0.29) is 11.1 Å². The first kappa shape index (κ1) is 122. The first-order valence-electron chi connectivity index (χ1n) is 46.0. The third-order valence-electron chi connectivity index (χ3n) is 21.8. The third kappa shape index (κ3) is 56.9. The van der Waals surface area contributed by atoms with Gasteiger partial charge in [-0.15, -0.1) is 34.0 Å². The lowest BCUT2D eigenvalue weighted by Crippen LogP contribution is -2.05. The second kappa shape index (κ2) is 83.8. The highest BCUT2D eigenvalue weighted by Crippen LogP contribution is 2.47. The van der Waals surface area contributed by atoms with E-state index in [0.717, 1.165) is 61.1 Å². The Morgan fingerprint density at radius 3 is 0.823 bits per heavy atom. The van der Waals surface area contributed by atoms with E-state index in [2.05, 4.69) is 197 Å². The molecule has 6 nitrogen and oxygen atoms in total. The van der Waals surface area contributed by atoms with Gasteiger partial charge in [-0.25, -0.2) is 17.6 Å². The Bertz CT molecular complexity index is 4280. The molecule has 0 amide bonds. The predicted molar refractivity (Wildman–Crippen MR) is 599 cm³/mol. The fourth-order valence-electron chi connectivity index (χ4n) is 15.3. The van der Waals surface area contributed by atoms with Crippen molar-refractivity contribution in [1.29, 1.82) is 0 Å². The molecule has 5 aromatic heterocycles. The van der Waals surface area contributed by atoms with Gasteiger partial charge in [-0.3, -0.25) is 0 Å². The second-order valence-electron chi connectivity index (χ2n) is 31.9. The van der Waals surface area contributed by atoms with E-state index in [1.54, 1.807) is 37.0 Å². The Morgan fingerprint density at radius 2 is 0.573 bits per heavy atom. The molecule has 0 bridgehead atoms. The summed E-state index contributed by atoms with van der Waals surface area (Å²) in [6, 6.07) is 8.70. The highest BCUT2D eigenvalue weighted by atomic mass is 79.9. The van der Waals surface area contributed by atoms with Gasteiger partial charge in [-0.2, -0.15) is 30.0 Å². The summed E-state index contributed by atoms with van der Waals surface area (Å²) in [5.41, 5.74) is 6.16. The van der Waals surface area contributed by atoms with Crippen molar-refractivity contribution in [3.05, 3.63) is 87.0 Å². The van der Waals surface area contributed by atoms with Crippen LogP contribution in [0.5, 0.6) is 0 Å². The number of rotatable bonds is 60. The van der Waals surface area contributed by atoms with E-state index in [0.29, 0.717) is 47.0 Å². The van der Waals surface area contributed by atoms with Gasteiger partial charge in [-0.05, 0) is 138 Å². The van der Waals surface area contributed by atoms with Crippen LogP contribution >= 0.6 is 81.8 Å². The molecule has 124 heavy (non-hydrogen) atoms. The Kier molecular flexibility index (Phi) is 82.1. The van der Waals surface area contributed by atoms with Crippen LogP contribution in [0.3, 0.4) is 0 Å². The van der Waals surface area contributed by atoms with Gasteiger partial charge >= 0.3 is 0 Å². The number of hydrogen-bond donors (Lipinski definition) is 0. The minimum absolute atomic E-state index is 0.251. The maximum Gasteiger partial charge on any atom is 0.170 e. The normalized spacial score (nSPS) is 11.6. The molecule has 5 heterocycles. The topological polar surface area (TPSA) is 61.4 Å². The maximum absolute atomic E-state index is 17.0. The number of thiophene rings is 3. The van der Waals surface area contributed by atoms with Crippen LogP contribution in [0.4, 0.5) is 17.6 Å². The summed E-state index contributed by atoms with van der Waals surface area (Å²) in [6.45, 7) is 19.0. The summed E-state index contributed by atoms with van der Waals surface area (Å²) < 4.78 is 63.0. The molecule has 0 aliphatic rings. The largest absolute Gasteiger partial charge is 0.204 e. The van der Waals surface area contributed by atoms with Crippen molar-refractivity contribution in [2.45, 2.75) is 409 Å². The summed E-state index contributed by atoms with van der Waals surface area (Å²) in [5, 5.41) is 20.1. The van der Waals surface area contributed by atoms with Crippen LogP contribution in [0.15, 0.2) is 47.1 Å². The summed E-state index contributed by atoms with van der Waals surface area (Å²) in [7, 11) is 16.9. The lowest BCUT2D eigenvalue weighted by Gasteiger charge is -2.17. The highest BCUT2D eigenvalue weighted by molar-refractivity contribution is 9.11. The average molecular weight is 2300 g/mol. The number of halogens is 7. The van der Waals surface area contributed by atoms with Crippen molar-refractivity contribution in [2.75, 3.05) is 0 Å². The van der Waals surface area contributed by atoms with Crippen molar-refractivity contribution in [3.8, 4) is 20.9 Å². The van der Waals surface area contributed by atoms with Crippen molar-refractivity contribution >= 4 is 278 Å². The molecule has 0 aliphatic carbocycles. The number of aromatic nitrogens is 6. The third-order valence-corrected chi connectivity index (χ3v) is 47.6. The van der Waals surface area contributed by atoms with Gasteiger partial charge in [0.05, 0.1) is 35.6 Å². The van der Waals surface area contributed by atoms with Crippen LogP contribution in [-0.4, -0.2) is 30.0 Å². The van der Waals surface area contributed by atoms with E-state index in [1.165, 1.54) is 437 Å². The number of hydrogen-bond acceptors (Lipinski definition) is 13. The van der Waals surface area contributed by atoms with Gasteiger partial charge < -0.3 is 0 Å². The number of aryl methyl sites for hydroxylation is 2. The first-order valence-corrected chi connectivity index (χ1v) is 70.9. The molecule has 0 radical (unpaired) electrons. The van der Waals surface area contributed by atoms with Crippen LogP contribution in [0.1, 0.15) is 393 Å². The minimum Gasteiger partial charge on any atom is -0.204 e. The Morgan fingerprint density at radius 1 is 0.315 bits per heavy atom. The van der Waals surface area contributed by atoms with E-state index in [1.807, 2.05) is 18.3 Å². The summed E-state index contributed by atoms with van der Waals surface area (Å²) in [5.74, 6) is -1.34. The number of fused-ring (bicyclic) bond motifs is 2. The quantitative estimate of drug-likeness (QED) is 0.0272. The molecule has 3 unspecified atom stereocenters. The minimum atomic E-state index is -0.888. The van der Waals surface area contributed by atoms with Gasteiger partial charge in [0.1, 0.15) is 22.1 Å². The lowest BCUT2D eigenvalue weighted by atomic mass is 9.89. The molecule has 7 rings (SSSR count). The Labute approximate surface area is 848 Å². The van der Waals surface area contributed by atoms with Gasteiger partial charge in [0, 0.05) is 196 Å². The molecule has 2 aromatic carbocycles. The van der Waals surface area contributed by atoms with E-state index < -0.39 is 23.3 Å². The standard InChI is InChI=1S/C57H91Br2F2N3S2.C24H43BrS.C9H9F2N3.S7.S6.S5/c1-6-11-15-19-23-25-29-33-37-44(35-31-27-21-17-13-8-3)40-46-42-48(65-56(46)58)50-52(60)53(61)51(55-54(50)62-64(63-55)39-10-5)49-43-47(57(59)66-49)41-45(36-32-28-22-18-14-9-4)38-34-30-26-24-20-16-12-7-2;1-3-5-7-9-11-12-14-16-18-22(17-15-13-10-8-6-4-2)21-23-19-20-26-24(23)25;1-2-3-14-12-8-4-6(10)7(11)5-9(8)13-14;1-3-5-7-6-4-2;1-3-5-6-4-2;1-3-5-4-2/h42-45H,6-41H2,1-5H3;19-20,22H,3-18,21H2,1-2H3;4-5H,2-3H2,1H3;;;. The molecule has 0 aliphatic heterocycles. The Hall–Kier alpha value is 1.46. The molecule has 0 saturated carbocycles. The fourth-order valence-corrected chi connectivity index (χ4v) is 36.6. The average Bonchev–Trinajstić information content (AvgIpc) is 1.57. The summed E-state index contributed by atoms with van der Waals surface area (Å²) in [4.78, 5) is 4.56. The van der Waals surface area contributed by atoms with Crippen LogP contribution in [0.25, 0.3) is 42.9 Å². The molecular weight excluding hydrogens is 2150 g/mol. The van der Waals surface area contributed by atoms with Crippen molar-refractivity contribution in [2.24, 2.45) is 17.8 Å². The molecule has 0 spiro atoms. The van der Waals surface area contributed by atoms with Crippen molar-refractivity contribution in [3.63, 3.8) is 0 Å². The van der Waals surface area contributed by atoms with Crippen LogP contribution in [0.2, 0.25) is 0 Å². The summed E-state index contributed by atoms with van der Waals surface area (Å²) in [6.07, 6.45) is 69.7. The maximum atomic E-state index is 17.0. The molecule has 0 saturated heterocycles. The smallest absolute Gasteiger partial charge is 0.170 e. The van der Waals surface area contributed by atoms with E-state index in [4.69, 9.17) is 10.2 Å². The van der Waals surface area contributed by atoms with Crippen LogP contribution < -0.4 is 0 Å². The van der Waals surface area contributed by atoms with Crippen LogP contribution in [-0.2, 0) is 206 Å². The monoisotopic (exact) mass is 2290 g/mol. The second-order valence-corrected chi connectivity index (χ2v) is 60.2. The number of nitrogens with zero attached hydrogens (tertiary/aromatic N) is 6. The molecule has 0 fully saturated rings. The molecule has 708 valence electrons. The van der Waals surface area contributed by atoms with Gasteiger partial charge in [0.15, 0.2) is 23.3 Å². The zero-order valence-corrected chi connectivity index (χ0v) is 96.9. The number of unbranched alkanes of at least 4 members (excludes halogenated alkanes) is 36. The van der Waals surface area contributed by atoms with Crippen molar-refractivity contribution < 1.29 is 17.6 Å². The van der Waals surface area contributed by atoms with E-state index in [9.17, 15) is 8.78 Å². The lowest BCUT2D eigenvalue weighted by molar-refractivity contribution is 0.400. The number of benzene rings is 2. The van der Waals surface area contributed by atoms with E-state index >= 15 is 8.78 Å². The van der Waals surface area contributed by atoms with Gasteiger partial charge in [0.2, 0.25) is 0 Å². The molecule has 34 heteroatoms. The predicted octanol–water partition coefficient (Wildman–Crippen LogP) is 34.0. The fraction of sp³-hybridized carbons (Fsp3) is 0.733. The molecule has 0 N–H and O–H groups in total. The highest BCUT2D eigenvalue weighted by Gasteiger charge is 2.30. The molecule has 7 aromatic rings. The van der Waals surface area contributed by atoms with Gasteiger partial charge in [-0.1, -0.05) is 364 Å². The van der Waals surface area contributed by atoms with Crippen molar-refractivity contribution in [1.82, 2.24) is 30.0 Å². The molecular formula is C90H143Br3F4N6S21. The van der Waals surface area contributed by atoms with Crippen LogP contribution in [0, 0.1) is 41.0 Å². The zero-order chi connectivity index (χ0) is 90.8. The first-order chi connectivity index (χ1) is 60.5. The molecule has 3 atom stereocenters. The van der Waals surface area contributed by atoms with Gasteiger partial charge in [0.25, 0.3) is 0 Å². The summed E-state index contributed by atoms with van der Waals surface area (Å²) >= 11 is 43.5.